The molecule has 9 nitrogen and oxygen atoms in total. The Morgan fingerprint density at radius 1 is 1.26 bits per heavy atom. The Bertz CT molecular complexity index is 1380. The molecule has 0 atom stereocenters. The Morgan fingerprint density at radius 3 is 2.82 bits per heavy atom. The number of nitrogens with zero attached hydrogens (tertiary/aromatic N) is 5. The molecule has 1 saturated carbocycles. The van der Waals surface area contributed by atoms with Gasteiger partial charge in [-0.3, -0.25) is 4.79 Å². The summed E-state index contributed by atoms with van der Waals surface area (Å²) in [5, 5.41) is 10.3. The van der Waals surface area contributed by atoms with Crippen molar-refractivity contribution >= 4 is 11.6 Å². The highest BCUT2D eigenvalue weighted by molar-refractivity contribution is 5.91. The lowest BCUT2D eigenvalue weighted by Gasteiger charge is -2.09. The quantitative estimate of drug-likeness (QED) is 0.412. The fraction of sp³-hybridized carbons (Fsp3) is 0.304. The van der Waals surface area contributed by atoms with Crippen LogP contribution in [0.1, 0.15) is 51.6 Å². The molecule has 0 unspecified atom stereocenters. The molecular weight excluding hydrogens is 444 g/mol. The molecule has 1 aromatic carbocycles. The van der Waals surface area contributed by atoms with Gasteiger partial charge in [-0.05, 0) is 42.5 Å². The van der Waals surface area contributed by atoms with Crippen molar-refractivity contribution in [3.63, 3.8) is 0 Å². The summed E-state index contributed by atoms with van der Waals surface area (Å²) in [6, 6.07) is 4.39. The van der Waals surface area contributed by atoms with Crippen molar-refractivity contribution in [1.82, 2.24) is 29.7 Å². The predicted molar refractivity (Wildman–Crippen MR) is 118 cm³/mol. The van der Waals surface area contributed by atoms with E-state index in [0.29, 0.717) is 19.0 Å². The normalized spacial score (nSPS) is 13.4. The zero-order valence-corrected chi connectivity index (χ0v) is 18.5. The lowest BCUT2D eigenvalue weighted by Crippen LogP contribution is -2.24. The molecular formula is C23H23F2N7O2. The first-order valence-electron chi connectivity index (χ1n) is 10.9. The minimum absolute atomic E-state index is 0.0196. The van der Waals surface area contributed by atoms with Gasteiger partial charge < -0.3 is 20.2 Å². The summed E-state index contributed by atoms with van der Waals surface area (Å²) in [4.78, 5) is 17.1. The summed E-state index contributed by atoms with van der Waals surface area (Å²) >= 11 is 0. The van der Waals surface area contributed by atoms with Crippen LogP contribution in [0.25, 0.3) is 5.65 Å². The highest BCUT2D eigenvalue weighted by atomic mass is 19.1. The fourth-order valence-electron chi connectivity index (χ4n) is 3.91. The summed E-state index contributed by atoms with van der Waals surface area (Å²) in [7, 11) is 1.28. The molecule has 34 heavy (non-hydrogen) atoms. The summed E-state index contributed by atoms with van der Waals surface area (Å²) < 4.78 is 36.6. The second kappa shape index (κ2) is 8.82. The molecule has 0 radical (unpaired) electrons. The number of rotatable bonds is 8. The van der Waals surface area contributed by atoms with Gasteiger partial charge in [-0.1, -0.05) is 5.21 Å². The van der Waals surface area contributed by atoms with Crippen LogP contribution in [0.5, 0.6) is 5.75 Å². The molecule has 1 fully saturated rings. The third kappa shape index (κ3) is 4.21. The van der Waals surface area contributed by atoms with Crippen LogP contribution >= 0.6 is 0 Å². The van der Waals surface area contributed by atoms with Crippen LogP contribution in [-0.2, 0) is 19.6 Å². The molecule has 5 rings (SSSR count). The average Bonchev–Trinajstić information content (AvgIpc) is 3.44. The van der Waals surface area contributed by atoms with Crippen molar-refractivity contribution < 1.29 is 18.3 Å². The third-order valence-electron chi connectivity index (χ3n) is 5.86. The second-order valence-electron chi connectivity index (χ2n) is 8.27. The van der Waals surface area contributed by atoms with E-state index in [1.165, 1.54) is 42.5 Å². The van der Waals surface area contributed by atoms with Crippen molar-refractivity contribution in [2.24, 2.45) is 5.73 Å². The van der Waals surface area contributed by atoms with E-state index >= 15 is 0 Å². The maximum absolute atomic E-state index is 14.3. The number of imidazole rings is 1. The van der Waals surface area contributed by atoms with E-state index in [0.717, 1.165) is 23.0 Å². The van der Waals surface area contributed by atoms with E-state index in [-0.39, 0.29) is 23.6 Å². The standard InChI is InChI=1S/C23H23F2N7O2/c1-34-20-5-4-18(24)17(21(20)25)8-27-23(33)19-12-32(30-29-19)11-16-10-31-9-15(13-2-3-13)6-14(7-26)22(31)28-16/h4-6,9-10,12-13H,2-3,7-8,11,26H2,1H3,(H,27,33). The molecule has 11 heteroatoms. The van der Waals surface area contributed by atoms with Gasteiger partial charge in [0.1, 0.15) is 11.5 Å². The van der Waals surface area contributed by atoms with Crippen LogP contribution in [0.2, 0.25) is 0 Å². The molecule has 0 saturated heterocycles. The highest BCUT2D eigenvalue weighted by Gasteiger charge is 2.25. The topological polar surface area (TPSA) is 112 Å². The number of nitrogens with two attached hydrogens (primary N) is 1. The van der Waals surface area contributed by atoms with E-state index in [4.69, 9.17) is 10.5 Å². The zero-order valence-electron chi connectivity index (χ0n) is 18.5. The minimum Gasteiger partial charge on any atom is -0.494 e. The summed E-state index contributed by atoms with van der Waals surface area (Å²) in [6.07, 6.45) is 7.84. The number of nitrogens with one attached hydrogen (secondary N) is 1. The molecule has 0 spiro atoms. The maximum Gasteiger partial charge on any atom is 0.273 e. The van der Waals surface area contributed by atoms with Crippen LogP contribution in [0.4, 0.5) is 8.78 Å². The molecule has 176 valence electrons. The molecule has 0 bridgehead atoms. The van der Waals surface area contributed by atoms with Crippen LogP contribution < -0.4 is 15.8 Å². The van der Waals surface area contributed by atoms with Crippen LogP contribution in [-0.4, -0.2) is 37.4 Å². The van der Waals surface area contributed by atoms with Crippen molar-refractivity contribution in [3.8, 4) is 5.75 Å². The van der Waals surface area contributed by atoms with Crippen molar-refractivity contribution in [2.75, 3.05) is 7.11 Å². The first-order chi connectivity index (χ1) is 16.5. The highest BCUT2D eigenvalue weighted by Crippen LogP contribution is 2.40. The van der Waals surface area contributed by atoms with Gasteiger partial charge in [-0.25, -0.2) is 18.4 Å². The second-order valence-corrected chi connectivity index (χ2v) is 8.27. The van der Waals surface area contributed by atoms with Crippen LogP contribution in [0, 0.1) is 11.6 Å². The number of hydrogen-bond donors (Lipinski definition) is 2. The van der Waals surface area contributed by atoms with Crippen molar-refractivity contribution in [1.29, 1.82) is 0 Å². The summed E-state index contributed by atoms with van der Waals surface area (Å²) in [5.74, 6) is -1.76. The number of carbonyl (C=O) groups is 1. The minimum atomic E-state index is -0.861. The number of amides is 1. The number of halogens is 2. The number of carbonyl (C=O) groups excluding carboxylic acids is 1. The molecule has 1 aliphatic rings. The van der Waals surface area contributed by atoms with E-state index in [1.54, 1.807) is 0 Å². The van der Waals surface area contributed by atoms with Gasteiger partial charge in [0.15, 0.2) is 17.3 Å². The SMILES string of the molecule is COc1ccc(F)c(CNC(=O)c2cn(Cc3cn4cc(C5CC5)cc(CN)c4n3)nn2)c1F. The Labute approximate surface area is 193 Å². The lowest BCUT2D eigenvalue weighted by molar-refractivity contribution is 0.0945. The van der Waals surface area contributed by atoms with E-state index in [9.17, 15) is 13.6 Å². The van der Waals surface area contributed by atoms with E-state index in [2.05, 4.69) is 32.9 Å². The van der Waals surface area contributed by atoms with Gasteiger partial charge in [0.2, 0.25) is 0 Å². The fourth-order valence-corrected chi connectivity index (χ4v) is 3.91. The largest absolute Gasteiger partial charge is 0.494 e. The van der Waals surface area contributed by atoms with Crippen molar-refractivity contribution in [3.05, 3.63) is 76.5 Å². The Balaban J connectivity index is 1.29. The van der Waals surface area contributed by atoms with Gasteiger partial charge in [0.05, 0.1) is 25.5 Å². The number of ether oxygens (including phenoxy) is 1. The Morgan fingerprint density at radius 2 is 2.09 bits per heavy atom. The van der Waals surface area contributed by atoms with Crippen molar-refractivity contribution in [2.45, 2.75) is 38.4 Å². The molecule has 3 heterocycles. The number of pyridine rings is 1. The van der Waals surface area contributed by atoms with Crippen LogP contribution in [0.15, 0.2) is 36.8 Å². The average molecular weight is 467 g/mol. The summed E-state index contributed by atoms with van der Waals surface area (Å²) in [6.45, 7) is 0.324. The van der Waals surface area contributed by atoms with E-state index < -0.39 is 17.5 Å². The number of fused-ring (bicyclic) bond motifs is 1. The first-order valence-corrected chi connectivity index (χ1v) is 10.9. The molecule has 3 N–H and O–H groups in total. The molecule has 3 aromatic heterocycles. The number of hydrogen-bond acceptors (Lipinski definition) is 6. The Hall–Kier alpha value is -3.86. The monoisotopic (exact) mass is 467 g/mol. The Kier molecular flexibility index (Phi) is 5.70. The van der Waals surface area contributed by atoms with Gasteiger partial charge in [-0.2, -0.15) is 0 Å². The molecule has 4 aromatic rings. The van der Waals surface area contributed by atoms with E-state index in [1.807, 2.05) is 10.6 Å². The predicted octanol–water partition coefficient (Wildman–Crippen LogP) is 2.53. The van der Waals surface area contributed by atoms with Gasteiger partial charge >= 0.3 is 0 Å². The molecule has 0 aliphatic heterocycles. The maximum atomic E-state index is 14.3. The first kappa shape index (κ1) is 22.0. The zero-order chi connectivity index (χ0) is 23.8. The van der Waals surface area contributed by atoms with Gasteiger partial charge in [0.25, 0.3) is 5.91 Å². The molecule has 1 amide bonds. The van der Waals surface area contributed by atoms with Gasteiger partial charge in [0, 0.05) is 36.6 Å². The molecule has 1 aliphatic carbocycles. The van der Waals surface area contributed by atoms with Gasteiger partial charge in [-0.15, -0.1) is 5.10 Å². The summed E-state index contributed by atoms with van der Waals surface area (Å²) in [5.41, 5.74) is 9.42. The number of benzene rings is 1. The number of methoxy groups -OCH3 is 1. The smallest absolute Gasteiger partial charge is 0.273 e. The lowest BCUT2D eigenvalue weighted by atomic mass is 10.1. The van der Waals surface area contributed by atoms with Crippen LogP contribution in [0.3, 0.4) is 0 Å². The number of aromatic nitrogens is 5. The third-order valence-corrected chi connectivity index (χ3v) is 5.86.